The van der Waals surface area contributed by atoms with Gasteiger partial charge in [0.1, 0.15) is 17.7 Å². The first kappa shape index (κ1) is 30.4. The van der Waals surface area contributed by atoms with E-state index in [-0.39, 0.29) is 23.2 Å². The molecule has 0 aromatic heterocycles. The normalized spacial score (nSPS) is 13.0. The van der Waals surface area contributed by atoms with E-state index in [1.54, 1.807) is 48.5 Å². The molecular weight excluding hydrogens is 606 g/mol. The Bertz CT molecular complexity index is 1300. The number of halogens is 6. The Labute approximate surface area is 236 Å². The maximum atomic E-state index is 14.5. The lowest BCUT2D eigenvalue weighted by atomic mass is 9.85. The molecule has 0 radical (unpaired) electrons. The minimum absolute atomic E-state index is 0.0245. The zero-order chi connectivity index (χ0) is 28.7. The molecular formula is C28H25BrClF4NO4. The minimum atomic E-state index is -4.78. The van der Waals surface area contributed by atoms with Gasteiger partial charge in [0.25, 0.3) is 5.91 Å². The van der Waals surface area contributed by atoms with Crippen LogP contribution in [0.4, 0.5) is 17.6 Å². The number of alkyl halides is 3. The first-order valence-corrected chi connectivity index (χ1v) is 13.2. The first-order valence-electron chi connectivity index (χ1n) is 12.0. The molecule has 3 rings (SSSR count). The first-order chi connectivity index (χ1) is 18.4. The van der Waals surface area contributed by atoms with E-state index in [0.29, 0.717) is 35.1 Å². The zero-order valence-electron chi connectivity index (χ0n) is 20.7. The van der Waals surface area contributed by atoms with Crippen molar-refractivity contribution in [2.45, 2.75) is 44.4 Å². The third kappa shape index (κ3) is 8.19. The molecule has 0 fully saturated rings. The van der Waals surface area contributed by atoms with E-state index in [4.69, 9.17) is 21.4 Å². The summed E-state index contributed by atoms with van der Waals surface area (Å²) in [5, 5.41) is 11.7. The van der Waals surface area contributed by atoms with Crippen molar-refractivity contribution in [2.75, 3.05) is 6.54 Å². The summed E-state index contributed by atoms with van der Waals surface area (Å²) in [6.07, 6.45) is -4.59. The third-order valence-electron chi connectivity index (χ3n) is 5.97. The van der Waals surface area contributed by atoms with Crippen LogP contribution in [0.15, 0.2) is 65.1 Å². The lowest BCUT2D eigenvalue weighted by Crippen LogP contribution is -2.26. The maximum absolute atomic E-state index is 14.5. The number of nitrogens with one attached hydrogen (secondary N) is 1. The molecule has 0 aliphatic carbocycles. The standard InChI is InChI=1S/C28H25BrClF4NO4/c1-2-3-21(16-4-6-18(7-5-16)27(38)35-13-12-24(36)37)26(17-8-10-20(30)11-9-17)39-23-15-19(28(32,33)34)14-22(31)25(23)29/h4-11,14-15,21,26H,2-3,12-13H2,1H3,(H,35,38)(H,36,37)/t21-,26+/m1/s1. The molecule has 39 heavy (non-hydrogen) atoms. The number of hydrogen-bond donors (Lipinski definition) is 2. The fourth-order valence-electron chi connectivity index (χ4n) is 4.06. The van der Waals surface area contributed by atoms with Crippen molar-refractivity contribution in [1.82, 2.24) is 5.32 Å². The van der Waals surface area contributed by atoms with Gasteiger partial charge < -0.3 is 15.2 Å². The van der Waals surface area contributed by atoms with Crippen molar-refractivity contribution in [3.63, 3.8) is 0 Å². The number of rotatable bonds is 11. The highest BCUT2D eigenvalue weighted by Gasteiger charge is 2.34. The molecule has 0 unspecified atom stereocenters. The van der Waals surface area contributed by atoms with Crippen LogP contribution in [0.25, 0.3) is 0 Å². The van der Waals surface area contributed by atoms with E-state index < -0.39 is 41.5 Å². The molecule has 0 bridgehead atoms. The van der Waals surface area contributed by atoms with E-state index in [2.05, 4.69) is 21.2 Å². The second-order valence-corrected chi connectivity index (χ2v) is 10.0. The van der Waals surface area contributed by atoms with E-state index >= 15 is 0 Å². The van der Waals surface area contributed by atoms with Gasteiger partial charge >= 0.3 is 12.1 Å². The monoisotopic (exact) mass is 629 g/mol. The zero-order valence-corrected chi connectivity index (χ0v) is 23.0. The van der Waals surface area contributed by atoms with Gasteiger partial charge in [-0.25, -0.2) is 4.39 Å². The predicted octanol–water partition coefficient (Wildman–Crippen LogP) is 8.17. The minimum Gasteiger partial charge on any atom is -0.484 e. The second-order valence-electron chi connectivity index (χ2n) is 8.77. The van der Waals surface area contributed by atoms with Gasteiger partial charge in [0.05, 0.1) is 16.5 Å². The molecule has 11 heteroatoms. The van der Waals surface area contributed by atoms with Crippen molar-refractivity contribution < 1.29 is 37.0 Å². The quantitative estimate of drug-likeness (QED) is 0.210. The van der Waals surface area contributed by atoms with Crippen molar-refractivity contribution in [3.05, 3.63) is 98.2 Å². The van der Waals surface area contributed by atoms with E-state index in [1.165, 1.54) is 0 Å². The van der Waals surface area contributed by atoms with Crippen molar-refractivity contribution in [1.29, 1.82) is 0 Å². The van der Waals surface area contributed by atoms with Gasteiger partial charge in [0.15, 0.2) is 0 Å². The van der Waals surface area contributed by atoms with Crippen LogP contribution in [0, 0.1) is 5.82 Å². The molecule has 2 N–H and O–H groups in total. The second kappa shape index (κ2) is 13.3. The molecule has 3 aromatic carbocycles. The van der Waals surface area contributed by atoms with Crippen LogP contribution in [0.3, 0.4) is 0 Å². The molecule has 208 valence electrons. The van der Waals surface area contributed by atoms with Gasteiger partial charge in [-0.15, -0.1) is 0 Å². The van der Waals surface area contributed by atoms with Crippen LogP contribution in [-0.4, -0.2) is 23.5 Å². The van der Waals surface area contributed by atoms with Gasteiger partial charge in [-0.05, 0) is 69.9 Å². The predicted molar refractivity (Wildman–Crippen MR) is 143 cm³/mol. The Morgan fingerprint density at radius 2 is 1.67 bits per heavy atom. The van der Waals surface area contributed by atoms with Crippen LogP contribution in [0.1, 0.15) is 65.3 Å². The summed E-state index contributed by atoms with van der Waals surface area (Å²) < 4.78 is 60.7. The Balaban J connectivity index is 2.01. The van der Waals surface area contributed by atoms with Crippen LogP contribution >= 0.6 is 27.5 Å². The summed E-state index contributed by atoms with van der Waals surface area (Å²) in [6, 6.07) is 14.4. The summed E-state index contributed by atoms with van der Waals surface area (Å²) in [5.74, 6) is -3.29. The number of carbonyl (C=O) groups excluding carboxylic acids is 1. The van der Waals surface area contributed by atoms with Gasteiger partial charge in [0.2, 0.25) is 0 Å². The molecule has 5 nitrogen and oxygen atoms in total. The number of benzene rings is 3. The molecule has 0 aliphatic heterocycles. The number of hydrogen-bond acceptors (Lipinski definition) is 3. The van der Waals surface area contributed by atoms with E-state index in [9.17, 15) is 27.2 Å². The Kier molecular flexibility index (Phi) is 10.4. The van der Waals surface area contributed by atoms with Gasteiger partial charge in [-0.2, -0.15) is 13.2 Å². The lowest BCUT2D eigenvalue weighted by Gasteiger charge is -2.30. The summed E-state index contributed by atoms with van der Waals surface area (Å²) in [4.78, 5) is 23.1. The van der Waals surface area contributed by atoms with Gasteiger partial charge in [0, 0.05) is 23.0 Å². The summed E-state index contributed by atoms with van der Waals surface area (Å²) in [6.45, 7) is 1.92. The number of carbonyl (C=O) groups is 2. The molecule has 0 saturated carbocycles. The van der Waals surface area contributed by atoms with Crippen LogP contribution < -0.4 is 10.1 Å². The van der Waals surface area contributed by atoms with E-state index in [0.717, 1.165) is 11.6 Å². The highest BCUT2D eigenvalue weighted by atomic mass is 79.9. The highest BCUT2D eigenvalue weighted by Crippen LogP contribution is 2.43. The average Bonchev–Trinajstić information content (AvgIpc) is 2.88. The smallest absolute Gasteiger partial charge is 0.416 e. The summed E-state index contributed by atoms with van der Waals surface area (Å²) in [5.41, 5.74) is 0.477. The number of ether oxygens (including phenoxy) is 1. The Morgan fingerprint density at radius 3 is 2.23 bits per heavy atom. The number of carboxylic acid groups (broad SMARTS) is 1. The van der Waals surface area contributed by atoms with Crippen molar-refractivity contribution >= 4 is 39.4 Å². The third-order valence-corrected chi connectivity index (χ3v) is 6.99. The van der Waals surface area contributed by atoms with Gasteiger partial charge in [-0.3, -0.25) is 9.59 Å². The molecule has 0 spiro atoms. The molecule has 3 aromatic rings. The van der Waals surface area contributed by atoms with Gasteiger partial charge in [-0.1, -0.05) is 49.2 Å². The molecule has 0 aliphatic rings. The maximum Gasteiger partial charge on any atom is 0.416 e. The molecule has 1 amide bonds. The van der Waals surface area contributed by atoms with Crippen molar-refractivity contribution in [2.24, 2.45) is 0 Å². The average molecular weight is 631 g/mol. The van der Waals surface area contributed by atoms with Crippen LogP contribution in [0.2, 0.25) is 5.02 Å². The van der Waals surface area contributed by atoms with E-state index in [1.807, 2.05) is 6.92 Å². The Morgan fingerprint density at radius 1 is 1.05 bits per heavy atom. The summed E-state index contributed by atoms with van der Waals surface area (Å²) in [7, 11) is 0. The van der Waals surface area contributed by atoms with Crippen LogP contribution in [-0.2, 0) is 11.0 Å². The van der Waals surface area contributed by atoms with Crippen LogP contribution in [0.5, 0.6) is 5.75 Å². The number of amides is 1. The fraction of sp³-hybridized carbons (Fsp3) is 0.286. The molecule has 2 atom stereocenters. The topological polar surface area (TPSA) is 75.6 Å². The molecule has 0 saturated heterocycles. The Hall–Kier alpha value is -3.11. The number of aliphatic carboxylic acids is 1. The van der Waals surface area contributed by atoms with Crippen molar-refractivity contribution in [3.8, 4) is 5.75 Å². The highest BCUT2D eigenvalue weighted by molar-refractivity contribution is 9.10. The SMILES string of the molecule is CCC[C@H](c1ccc(C(=O)NCCC(=O)O)cc1)[C@@H](Oc1cc(C(F)(F)F)cc(F)c1Br)c1ccc(Cl)cc1. The lowest BCUT2D eigenvalue weighted by molar-refractivity contribution is -0.138. The molecule has 0 heterocycles. The summed E-state index contributed by atoms with van der Waals surface area (Å²) >= 11 is 9.08. The number of carboxylic acids is 1. The fourth-order valence-corrected chi connectivity index (χ4v) is 4.50. The largest absolute Gasteiger partial charge is 0.484 e.